The molecule has 0 spiro atoms. The summed E-state index contributed by atoms with van der Waals surface area (Å²) in [7, 11) is 0. The molecule has 0 saturated carbocycles. The molecule has 0 bridgehead atoms. The SMILES string of the molecule is CC(C)(C)OC(=O)Nc1ccc(F)c(NC2=CC(=O)N(CCO)C2=O)c1. The van der Waals surface area contributed by atoms with Crippen molar-refractivity contribution in [1.82, 2.24) is 4.90 Å². The molecule has 1 aromatic rings. The third-order valence-corrected chi connectivity index (χ3v) is 3.21. The van der Waals surface area contributed by atoms with Gasteiger partial charge in [0.15, 0.2) is 0 Å². The van der Waals surface area contributed by atoms with Crippen molar-refractivity contribution in [3.05, 3.63) is 35.8 Å². The van der Waals surface area contributed by atoms with Crippen LogP contribution in [0.3, 0.4) is 0 Å². The first-order valence-electron chi connectivity index (χ1n) is 7.85. The minimum atomic E-state index is -0.712. The Morgan fingerprint density at radius 1 is 1.31 bits per heavy atom. The molecule has 3 N–H and O–H groups in total. The van der Waals surface area contributed by atoms with Crippen molar-refractivity contribution in [1.29, 1.82) is 0 Å². The van der Waals surface area contributed by atoms with E-state index in [-0.39, 0.29) is 30.2 Å². The first kappa shape index (κ1) is 19.4. The van der Waals surface area contributed by atoms with Crippen molar-refractivity contribution in [2.75, 3.05) is 23.8 Å². The van der Waals surface area contributed by atoms with Gasteiger partial charge in [-0.1, -0.05) is 0 Å². The molecule has 0 fully saturated rings. The monoisotopic (exact) mass is 365 g/mol. The molecule has 8 nitrogen and oxygen atoms in total. The molecule has 2 rings (SSSR count). The Balaban J connectivity index is 2.13. The van der Waals surface area contributed by atoms with Crippen LogP contribution in [0.1, 0.15) is 20.8 Å². The van der Waals surface area contributed by atoms with Crippen molar-refractivity contribution in [2.45, 2.75) is 26.4 Å². The summed E-state index contributed by atoms with van der Waals surface area (Å²) in [6, 6.07) is 3.70. The van der Waals surface area contributed by atoms with Crippen LogP contribution in [0.25, 0.3) is 0 Å². The van der Waals surface area contributed by atoms with E-state index in [0.29, 0.717) is 0 Å². The Hall–Kier alpha value is -2.94. The number of hydrogen-bond acceptors (Lipinski definition) is 6. The van der Waals surface area contributed by atoms with E-state index in [1.54, 1.807) is 20.8 Å². The molecular formula is C17H20FN3O5. The highest BCUT2D eigenvalue weighted by molar-refractivity contribution is 6.17. The van der Waals surface area contributed by atoms with Gasteiger partial charge in [-0.05, 0) is 39.0 Å². The van der Waals surface area contributed by atoms with Gasteiger partial charge in [0.25, 0.3) is 11.8 Å². The number of β-amino-alcohol motifs (C(OH)–C–C–N with tert-alkyl or cyclic N) is 1. The molecule has 0 atom stereocenters. The second-order valence-corrected chi connectivity index (χ2v) is 6.52. The number of rotatable bonds is 5. The maximum Gasteiger partial charge on any atom is 0.412 e. The van der Waals surface area contributed by atoms with Gasteiger partial charge in [0.05, 0.1) is 18.8 Å². The summed E-state index contributed by atoms with van der Waals surface area (Å²) in [6.45, 7) is 4.59. The third kappa shape index (κ3) is 4.79. The summed E-state index contributed by atoms with van der Waals surface area (Å²) >= 11 is 0. The minimum absolute atomic E-state index is 0.100. The average molecular weight is 365 g/mol. The molecule has 1 aromatic carbocycles. The molecule has 1 heterocycles. The highest BCUT2D eigenvalue weighted by Gasteiger charge is 2.31. The summed E-state index contributed by atoms with van der Waals surface area (Å²) in [5.41, 5.74) is -0.677. The fourth-order valence-electron chi connectivity index (χ4n) is 2.18. The van der Waals surface area contributed by atoms with Crippen molar-refractivity contribution < 1.29 is 28.6 Å². The fraction of sp³-hybridized carbons (Fsp3) is 0.353. The summed E-state index contributed by atoms with van der Waals surface area (Å²) in [6.07, 6.45) is 0.307. The Kier molecular flexibility index (Phi) is 5.61. The largest absolute Gasteiger partial charge is 0.444 e. The molecular weight excluding hydrogens is 345 g/mol. The molecule has 0 saturated heterocycles. The van der Waals surface area contributed by atoms with Crippen molar-refractivity contribution in [3.8, 4) is 0 Å². The number of ether oxygens (including phenoxy) is 1. The topological polar surface area (TPSA) is 108 Å². The van der Waals surface area contributed by atoms with Crippen LogP contribution < -0.4 is 10.6 Å². The zero-order valence-corrected chi connectivity index (χ0v) is 14.6. The number of carbonyl (C=O) groups excluding carboxylic acids is 3. The number of aliphatic hydroxyl groups excluding tert-OH is 1. The number of nitrogens with zero attached hydrogens (tertiary/aromatic N) is 1. The summed E-state index contributed by atoms with van der Waals surface area (Å²) in [4.78, 5) is 36.4. The van der Waals surface area contributed by atoms with Crippen LogP contribution in [0.4, 0.5) is 20.6 Å². The molecule has 140 valence electrons. The van der Waals surface area contributed by atoms with Crippen molar-refractivity contribution in [3.63, 3.8) is 0 Å². The van der Waals surface area contributed by atoms with E-state index >= 15 is 0 Å². The first-order chi connectivity index (χ1) is 12.1. The normalized spacial score (nSPS) is 14.3. The number of hydrogen-bond donors (Lipinski definition) is 3. The van der Waals surface area contributed by atoms with Crippen LogP contribution in [-0.2, 0) is 14.3 Å². The van der Waals surface area contributed by atoms with Crippen molar-refractivity contribution in [2.24, 2.45) is 0 Å². The lowest BCUT2D eigenvalue weighted by molar-refractivity contribution is -0.137. The van der Waals surface area contributed by atoms with Gasteiger partial charge in [0.2, 0.25) is 0 Å². The maximum absolute atomic E-state index is 14.0. The maximum atomic E-state index is 14.0. The lowest BCUT2D eigenvalue weighted by atomic mass is 10.2. The zero-order valence-electron chi connectivity index (χ0n) is 14.6. The standard InChI is InChI=1S/C17H20FN3O5/c1-17(2,3)26-16(25)19-10-4-5-11(18)12(8-10)20-13-9-14(23)21(6-7-22)15(13)24/h4-5,8-9,20,22H,6-7H2,1-3H3,(H,19,25). The van der Waals surface area contributed by atoms with E-state index in [1.165, 1.54) is 12.1 Å². The molecule has 26 heavy (non-hydrogen) atoms. The van der Waals surface area contributed by atoms with E-state index in [9.17, 15) is 18.8 Å². The number of imide groups is 1. The second kappa shape index (κ2) is 7.52. The van der Waals surface area contributed by atoms with Crippen LogP contribution in [-0.4, -0.2) is 46.7 Å². The molecule has 0 radical (unpaired) electrons. The quantitative estimate of drug-likeness (QED) is 0.687. The van der Waals surface area contributed by atoms with Gasteiger partial charge < -0.3 is 15.2 Å². The Morgan fingerprint density at radius 3 is 2.62 bits per heavy atom. The predicted octanol–water partition coefficient (Wildman–Crippen LogP) is 1.83. The lowest BCUT2D eigenvalue weighted by Gasteiger charge is -2.20. The van der Waals surface area contributed by atoms with E-state index in [1.807, 2.05) is 0 Å². The average Bonchev–Trinajstić information content (AvgIpc) is 2.77. The van der Waals surface area contributed by atoms with Gasteiger partial charge in [-0.25, -0.2) is 9.18 Å². The molecule has 1 aliphatic rings. The molecule has 0 aromatic heterocycles. The fourth-order valence-corrected chi connectivity index (χ4v) is 2.18. The zero-order chi connectivity index (χ0) is 19.5. The summed E-state index contributed by atoms with van der Waals surface area (Å²) in [5.74, 6) is -1.95. The number of carbonyl (C=O) groups is 3. The smallest absolute Gasteiger partial charge is 0.412 e. The van der Waals surface area contributed by atoms with Crippen LogP contribution >= 0.6 is 0 Å². The highest BCUT2D eigenvalue weighted by atomic mass is 19.1. The lowest BCUT2D eigenvalue weighted by Crippen LogP contribution is -2.34. The second-order valence-electron chi connectivity index (χ2n) is 6.52. The molecule has 3 amide bonds. The number of halogens is 1. The van der Waals surface area contributed by atoms with Crippen LogP contribution in [0.15, 0.2) is 30.0 Å². The van der Waals surface area contributed by atoms with E-state index in [2.05, 4.69) is 10.6 Å². The van der Waals surface area contributed by atoms with Crippen LogP contribution in [0, 0.1) is 5.82 Å². The van der Waals surface area contributed by atoms with Gasteiger partial charge >= 0.3 is 6.09 Å². The van der Waals surface area contributed by atoms with E-state index in [4.69, 9.17) is 9.84 Å². The van der Waals surface area contributed by atoms with Gasteiger partial charge in [0.1, 0.15) is 17.1 Å². The van der Waals surface area contributed by atoms with Gasteiger partial charge in [-0.15, -0.1) is 0 Å². The minimum Gasteiger partial charge on any atom is -0.444 e. The Bertz CT molecular complexity index is 770. The number of anilines is 2. The summed E-state index contributed by atoms with van der Waals surface area (Å²) in [5, 5.41) is 13.9. The van der Waals surface area contributed by atoms with Gasteiger partial charge in [-0.2, -0.15) is 0 Å². The molecule has 1 aliphatic heterocycles. The molecule has 0 unspecified atom stereocenters. The van der Waals surface area contributed by atoms with E-state index < -0.39 is 29.3 Å². The summed E-state index contributed by atoms with van der Waals surface area (Å²) < 4.78 is 19.1. The Labute approximate surface area is 149 Å². The number of amides is 3. The van der Waals surface area contributed by atoms with Gasteiger partial charge in [-0.3, -0.25) is 19.8 Å². The van der Waals surface area contributed by atoms with Crippen molar-refractivity contribution >= 4 is 29.3 Å². The first-order valence-corrected chi connectivity index (χ1v) is 7.85. The van der Waals surface area contributed by atoms with Crippen LogP contribution in [0.5, 0.6) is 0 Å². The van der Waals surface area contributed by atoms with E-state index in [0.717, 1.165) is 17.0 Å². The third-order valence-electron chi connectivity index (χ3n) is 3.21. The molecule has 9 heteroatoms. The highest BCUT2D eigenvalue weighted by Crippen LogP contribution is 2.24. The molecule has 0 aliphatic carbocycles. The number of benzene rings is 1. The van der Waals surface area contributed by atoms with Crippen LogP contribution in [0.2, 0.25) is 0 Å². The predicted molar refractivity (Wildman–Crippen MR) is 91.8 cm³/mol. The van der Waals surface area contributed by atoms with Gasteiger partial charge in [0, 0.05) is 11.8 Å². The number of aliphatic hydroxyl groups is 1. The number of nitrogens with one attached hydrogen (secondary N) is 2. The Morgan fingerprint density at radius 2 is 2.00 bits per heavy atom.